The lowest BCUT2D eigenvalue weighted by Crippen LogP contribution is -1.75. The maximum Gasteiger partial charge on any atom is 0.137 e. The topological polar surface area (TPSA) is 40.5 Å². The summed E-state index contributed by atoms with van der Waals surface area (Å²) in [6.07, 6.45) is 0. The molecular weight excluding hydrogens is 232 g/mol. The van der Waals surface area contributed by atoms with Gasteiger partial charge in [0, 0.05) is 5.39 Å². The molecule has 0 aliphatic rings. The van der Waals surface area contributed by atoms with Crippen molar-refractivity contribution in [3.8, 4) is 11.5 Å². The molecule has 2 aromatic carbocycles. The Kier molecular flexibility index (Phi) is 1.88. The monoisotopic (exact) mass is 238 g/mol. The first-order chi connectivity index (χ1) is 6.18. The van der Waals surface area contributed by atoms with Crippen molar-refractivity contribution in [2.75, 3.05) is 0 Å². The van der Waals surface area contributed by atoms with Crippen LogP contribution >= 0.6 is 15.9 Å². The molecule has 0 saturated heterocycles. The molecule has 0 aliphatic heterocycles. The van der Waals surface area contributed by atoms with Crippen LogP contribution in [-0.4, -0.2) is 10.2 Å². The Morgan fingerprint density at radius 3 is 2.54 bits per heavy atom. The minimum absolute atomic E-state index is 0.203. The van der Waals surface area contributed by atoms with E-state index in [1.54, 1.807) is 24.3 Å². The molecule has 2 N–H and O–H groups in total. The number of hydrogen-bond acceptors (Lipinski definition) is 2. The van der Waals surface area contributed by atoms with Crippen LogP contribution in [0.4, 0.5) is 0 Å². The van der Waals surface area contributed by atoms with E-state index in [0.717, 1.165) is 10.8 Å². The average molecular weight is 239 g/mol. The van der Waals surface area contributed by atoms with Gasteiger partial charge in [0.2, 0.25) is 0 Å². The van der Waals surface area contributed by atoms with Crippen molar-refractivity contribution < 1.29 is 10.2 Å². The normalized spacial score (nSPS) is 10.5. The second kappa shape index (κ2) is 2.92. The van der Waals surface area contributed by atoms with Crippen LogP contribution in [0.1, 0.15) is 0 Å². The largest absolute Gasteiger partial charge is 0.508 e. The predicted octanol–water partition coefficient (Wildman–Crippen LogP) is 3.01. The summed E-state index contributed by atoms with van der Waals surface area (Å²) in [5.41, 5.74) is 0. The van der Waals surface area contributed by atoms with Crippen LogP contribution in [0.15, 0.2) is 34.8 Å². The molecule has 2 rings (SSSR count). The molecule has 0 radical (unpaired) electrons. The third-order valence-electron chi connectivity index (χ3n) is 1.93. The minimum Gasteiger partial charge on any atom is -0.508 e. The number of fused-ring (bicyclic) bond motifs is 1. The smallest absolute Gasteiger partial charge is 0.137 e. The van der Waals surface area contributed by atoms with Crippen LogP contribution < -0.4 is 0 Å². The van der Waals surface area contributed by atoms with Gasteiger partial charge in [-0.05, 0) is 45.6 Å². The van der Waals surface area contributed by atoms with Crippen molar-refractivity contribution in [1.82, 2.24) is 0 Å². The Labute approximate surface area is 83.6 Å². The molecule has 0 aliphatic carbocycles. The van der Waals surface area contributed by atoms with Crippen LogP contribution in [0.25, 0.3) is 10.8 Å². The van der Waals surface area contributed by atoms with Gasteiger partial charge < -0.3 is 10.2 Å². The van der Waals surface area contributed by atoms with E-state index in [4.69, 9.17) is 0 Å². The van der Waals surface area contributed by atoms with E-state index >= 15 is 0 Å². The highest BCUT2D eigenvalue weighted by Crippen LogP contribution is 2.33. The van der Waals surface area contributed by atoms with E-state index in [1.807, 2.05) is 6.07 Å². The van der Waals surface area contributed by atoms with Crippen molar-refractivity contribution in [2.24, 2.45) is 0 Å². The summed E-state index contributed by atoms with van der Waals surface area (Å²) in [6, 6.07) is 8.43. The highest BCUT2D eigenvalue weighted by Gasteiger charge is 2.03. The number of phenolic OH excluding ortho intramolecular Hbond substituents is 2. The number of hydrogen-bond donors (Lipinski definition) is 2. The molecule has 0 aromatic heterocycles. The summed E-state index contributed by atoms with van der Waals surface area (Å²) in [4.78, 5) is 0. The molecule has 0 bridgehead atoms. The highest BCUT2D eigenvalue weighted by molar-refractivity contribution is 9.10. The zero-order valence-electron chi connectivity index (χ0n) is 6.66. The van der Waals surface area contributed by atoms with Gasteiger partial charge in [0.1, 0.15) is 11.5 Å². The summed E-state index contributed by atoms with van der Waals surface area (Å²) < 4.78 is 0.658. The summed E-state index contributed by atoms with van der Waals surface area (Å²) in [6.45, 7) is 0. The fourth-order valence-electron chi connectivity index (χ4n) is 1.27. The van der Waals surface area contributed by atoms with Crippen LogP contribution in [0.3, 0.4) is 0 Å². The van der Waals surface area contributed by atoms with E-state index in [9.17, 15) is 10.2 Å². The average Bonchev–Trinajstić information content (AvgIpc) is 2.12. The molecule has 0 unspecified atom stereocenters. The van der Waals surface area contributed by atoms with Gasteiger partial charge in [-0.15, -0.1) is 0 Å². The molecule has 0 atom stereocenters. The Balaban J connectivity index is 2.87. The number of halogens is 1. The molecule has 3 heteroatoms. The summed E-state index contributed by atoms with van der Waals surface area (Å²) in [5.74, 6) is 0.409. The maximum absolute atomic E-state index is 9.62. The Morgan fingerprint density at radius 1 is 1.00 bits per heavy atom. The van der Waals surface area contributed by atoms with Gasteiger partial charge in [0.15, 0.2) is 0 Å². The van der Waals surface area contributed by atoms with Crippen molar-refractivity contribution in [1.29, 1.82) is 0 Å². The van der Waals surface area contributed by atoms with Gasteiger partial charge in [-0.2, -0.15) is 0 Å². The lowest BCUT2D eigenvalue weighted by molar-refractivity contribution is 0.474. The van der Waals surface area contributed by atoms with E-state index in [-0.39, 0.29) is 11.5 Å². The van der Waals surface area contributed by atoms with E-state index in [0.29, 0.717) is 4.47 Å². The van der Waals surface area contributed by atoms with E-state index in [1.165, 1.54) is 0 Å². The summed E-state index contributed by atoms with van der Waals surface area (Å²) in [7, 11) is 0. The highest BCUT2D eigenvalue weighted by atomic mass is 79.9. The van der Waals surface area contributed by atoms with Crippen LogP contribution in [0.2, 0.25) is 0 Å². The molecule has 2 aromatic rings. The van der Waals surface area contributed by atoms with Gasteiger partial charge in [-0.25, -0.2) is 0 Å². The van der Waals surface area contributed by atoms with Gasteiger partial charge >= 0.3 is 0 Å². The third-order valence-corrected chi connectivity index (χ3v) is 2.57. The minimum atomic E-state index is 0.203. The van der Waals surface area contributed by atoms with Crippen molar-refractivity contribution in [3.05, 3.63) is 34.8 Å². The van der Waals surface area contributed by atoms with Crippen LogP contribution in [0.5, 0.6) is 11.5 Å². The summed E-state index contributed by atoms with van der Waals surface area (Å²) in [5, 5.41) is 20.4. The molecule has 0 fully saturated rings. The zero-order chi connectivity index (χ0) is 9.42. The lowest BCUT2D eigenvalue weighted by Gasteiger charge is -2.02. The molecule has 0 saturated carbocycles. The van der Waals surface area contributed by atoms with E-state index in [2.05, 4.69) is 15.9 Å². The molecule has 13 heavy (non-hydrogen) atoms. The number of aromatic hydroxyl groups is 2. The maximum atomic E-state index is 9.62. The second-order valence-corrected chi connectivity index (χ2v) is 3.66. The van der Waals surface area contributed by atoms with Gasteiger partial charge in [0.05, 0.1) is 4.47 Å². The Morgan fingerprint density at radius 2 is 1.77 bits per heavy atom. The SMILES string of the molecule is Oc1ccc2c(O)c(Br)ccc2c1. The van der Waals surface area contributed by atoms with Gasteiger partial charge in [0.25, 0.3) is 0 Å². The van der Waals surface area contributed by atoms with Crippen LogP contribution in [0, 0.1) is 0 Å². The number of benzene rings is 2. The molecular formula is C10H7BrO2. The fourth-order valence-corrected chi connectivity index (χ4v) is 1.62. The number of rotatable bonds is 0. The fraction of sp³-hybridized carbons (Fsp3) is 0. The predicted molar refractivity (Wildman–Crippen MR) is 55.0 cm³/mol. The third kappa shape index (κ3) is 1.35. The van der Waals surface area contributed by atoms with Crippen molar-refractivity contribution in [2.45, 2.75) is 0 Å². The summed E-state index contributed by atoms with van der Waals surface area (Å²) >= 11 is 3.22. The zero-order valence-corrected chi connectivity index (χ0v) is 8.25. The molecule has 2 nitrogen and oxygen atoms in total. The van der Waals surface area contributed by atoms with Crippen LogP contribution in [-0.2, 0) is 0 Å². The first-order valence-corrected chi connectivity index (χ1v) is 4.58. The Hall–Kier alpha value is -1.22. The quantitative estimate of drug-likeness (QED) is 0.741. The van der Waals surface area contributed by atoms with Crippen molar-refractivity contribution >= 4 is 26.7 Å². The molecule has 0 spiro atoms. The molecule has 0 heterocycles. The second-order valence-electron chi connectivity index (χ2n) is 2.80. The number of phenols is 2. The first kappa shape index (κ1) is 8.38. The molecule has 0 amide bonds. The van der Waals surface area contributed by atoms with Gasteiger partial charge in [-0.1, -0.05) is 6.07 Å². The molecule has 66 valence electrons. The van der Waals surface area contributed by atoms with E-state index < -0.39 is 0 Å². The van der Waals surface area contributed by atoms with Crippen molar-refractivity contribution in [3.63, 3.8) is 0 Å². The Bertz CT molecular complexity index is 466. The lowest BCUT2D eigenvalue weighted by atomic mass is 10.1. The van der Waals surface area contributed by atoms with Gasteiger partial charge in [-0.3, -0.25) is 0 Å². The standard InChI is InChI=1S/C10H7BrO2/c11-9-4-1-6-5-7(12)2-3-8(6)10(9)13/h1-5,12-13H. The first-order valence-electron chi connectivity index (χ1n) is 3.78.